The molecule has 3 amide bonds. The number of likely N-dealkylation sites (N-methyl/N-ethyl adjacent to an activating group) is 2. The van der Waals surface area contributed by atoms with Crippen LogP contribution in [0.15, 0.2) is 30.3 Å². The van der Waals surface area contributed by atoms with Crippen LogP contribution in [0.25, 0.3) is 5.57 Å². The highest BCUT2D eigenvalue weighted by atomic mass is 16.5. The van der Waals surface area contributed by atoms with E-state index in [1.165, 1.54) is 4.90 Å². The number of hydrogen-bond acceptors (Lipinski definition) is 4. The van der Waals surface area contributed by atoms with Gasteiger partial charge in [-0.15, -0.1) is 0 Å². The molecule has 2 aliphatic heterocycles. The lowest BCUT2D eigenvalue weighted by molar-refractivity contribution is -0.179. The molecule has 0 aliphatic carbocycles. The topological polar surface area (TPSA) is 70.1 Å². The second kappa shape index (κ2) is 6.03. The Morgan fingerprint density at radius 3 is 2.46 bits per heavy atom. The number of imide groups is 1. The minimum absolute atomic E-state index is 0.218. The second-order valence-corrected chi connectivity index (χ2v) is 6.02. The molecule has 1 N–H and O–H groups in total. The number of aliphatic hydroxyl groups is 1. The van der Waals surface area contributed by atoms with E-state index >= 15 is 0 Å². The van der Waals surface area contributed by atoms with Gasteiger partial charge in [-0.05, 0) is 26.3 Å². The molecule has 6 heteroatoms. The van der Waals surface area contributed by atoms with Gasteiger partial charge in [0.2, 0.25) is 5.60 Å². The van der Waals surface area contributed by atoms with Crippen LogP contribution in [0.3, 0.4) is 0 Å². The first-order valence-corrected chi connectivity index (χ1v) is 8.19. The summed E-state index contributed by atoms with van der Waals surface area (Å²) in [5.41, 5.74) is 0.967. The number of rotatable bonds is 3. The standard InChI is InChI=1S/C18H22N2O4/c1-4-19-15(21)18(16(22)20(5-2)17(19)23)14(10-11-24-18)13-8-6-12(3)7-9-13/h6-10,15,21H,4-5,11H2,1-3H3. The van der Waals surface area contributed by atoms with Crippen LogP contribution in [0.5, 0.6) is 0 Å². The molecule has 0 saturated carbocycles. The SMILES string of the molecule is CCN1C(=O)N(CC)C(O)C2(OCC=C2c2ccc(C)cc2)C1=O. The summed E-state index contributed by atoms with van der Waals surface area (Å²) in [5.74, 6) is -0.503. The molecular weight excluding hydrogens is 308 g/mol. The largest absolute Gasteiger partial charge is 0.370 e. The molecule has 2 aliphatic rings. The highest BCUT2D eigenvalue weighted by molar-refractivity contribution is 6.10. The number of nitrogens with zero attached hydrogens (tertiary/aromatic N) is 2. The van der Waals surface area contributed by atoms with Gasteiger partial charge in [0.05, 0.1) is 6.61 Å². The Labute approximate surface area is 141 Å². The lowest BCUT2D eigenvalue weighted by atomic mass is 9.84. The Kier molecular flexibility index (Phi) is 4.19. The van der Waals surface area contributed by atoms with Gasteiger partial charge in [0.1, 0.15) is 0 Å². The van der Waals surface area contributed by atoms with Crippen molar-refractivity contribution < 1.29 is 19.4 Å². The molecule has 2 heterocycles. The highest BCUT2D eigenvalue weighted by Crippen LogP contribution is 2.43. The van der Waals surface area contributed by atoms with Crippen LogP contribution in [0.4, 0.5) is 4.79 Å². The van der Waals surface area contributed by atoms with E-state index in [0.29, 0.717) is 5.57 Å². The molecule has 1 aromatic rings. The molecule has 0 aromatic heterocycles. The van der Waals surface area contributed by atoms with E-state index < -0.39 is 23.8 Å². The maximum Gasteiger partial charge on any atom is 0.328 e. The zero-order chi connectivity index (χ0) is 17.5. The molecule has 1 aromatic carbocycles. The third kappa shape index (κ3) is 2.17. The van der Waals surface area contributed by atoms with Crippen LogP contribution in [0.1, 0.15) is 25.0 Å². The molecule has 2 atom stereocenters. The van der Waals surface area contributed by atoms with Crippen LogP contribution < -0.4 is 0 Å². The summed E-state index contributed by atoms with van der Waals surface area (Å²) < 4.78 is 5.79. The van der Waals surface area contributed by atoms with Gasteiger partial charge in [0.15, 0.2) is 6.23 Å². The van der Waals surface area contributed by atoms with Crippen molar-refractivity contribution in [2.45, 2.75) is 32.6 Å². The number of aryl methyl sites for hydroxylation is 1. The third-order valence-electron chi connectivity index (χ3n) is 4.72. The van der Waals surface area contributed by atoms with E-state index in [2.05, 4.69) is 0 Å². The molecule has 1 saturated heterocycles. The Hall–Kier alpha value is -2.18. The Morgan fingerprint density at radius 2 is 1.88 bits per heavy atom. The molecule has 2 unspecified atom stereocenters. The second-order valence-electron chi connectivity index (χ2n) is 6.02. The number of benzene rings is 1. The maximum absolute atomic E-state index is 13.1. The molecule has 3 rings (SSSR count). The van der Waals surface area contributed by atoms with Crippen molar-refractivity contribution in [3.63, 3.8) is 0 Å². The average molecular weight is 330 g/mol. The number of carbonyl (C=O) groups is 2. The minimum atomic E-state index is -1.56. The molecule has 128 valence electrons. The van der Waals surface area contributed by atoms with Gasteiger partial charge in [-0.25, -0.2) is 4.79 Å². The van der Waals surface area contributed by atoms with E-state index in [-0.39, 0.29) is 19.7 Å². The third-order valence-corrected chi connectivity index (χ3v) is 4.72. The molecule has 0 radical (unpaired) electrons. The fraction of sp³-hybridized carbons (Fsp3) is 0.444. The highest BCUT2D eigenvalue weighted by Gasteiger charge is 2.61. The van der Waals surface area contributed by atoms with E-state index in [1.807, 2.05) is 37.3 Å². The Morgan fingerprint density at radius 1 is 1.21 bits per heavy atom. The number of ether oxygens (including phenoxy) is 1. The normalized spacial score (nSPS) is 27.2. The summed E-state index contributed by atoms with van der Waals surface area (Å²) in [6.07, 6.45) is 0.462. The maximum atomic E-state index is 13.1. The Balaban J connectivity index is 2.12. The van der Waals surface area contributed by atoms with Gasteiger partial charge in [-0.3, -0.25) is 14.6 Å². The Bertz CT molecular complexity index is 697. The smallest absolute Gasteiger partial charge is 0.328 e. The van der Waals surface area contributed by atoms with E-state index in [0.717, 1.165) is 16.0 Å². The first-order chi connectivity index (χ1) is 11.5. The molecule has 1 spiro atoms. The summed E-state index contributed by atoms with van der Waals surface area (Å²) >= 11 is 0. The van der Waals surface area contributed by atoms with E-state index in [1.54, 1.807) is 13.8 Å². The van der Waals surface area contributed by atoms with Gasteiger partial charge < -0.3 is 9.84 Å². The van der Waals surface area contributed by atoms with Crippen LogP contribution in [0, 0.1) is 6.92 Å². The summed E-state index contributed by atoms with van der Waals surface area (Å²) in [6.45, 7) is 6.22. The fourth-order valence-corrected chi connectivity index (χ4v) is 3.41. The van der Waals surface area contributed by atoms with Crippen molar-refractivity contribution in [2.24, 2.45) is 0 Å². The van der Waals surface area contributed by atoms with Crippen LogP contribution in [-0.4, -0.2) is 58.4 Å². The minimum Gasteiger partial charge on any atom is -0.370 e. The van der Waals surface area contributed by atoms with E-state index in [4.69, 9.17) is 4.74 Å². The molecular formula is C18H22N2O4. The average Bonchev–Trinajstić information content (AvgIpc) is 3.01. The summed E-state index contributed by atoms with van der Waals surface area (Å²) in [6, 6.07) is 7.22. The van der Waals surface area contributed by atoms with Crippen molar-refractivity contribution in [3.8, 4) is 0 Å². The zero-order valence-corrected chi connectivity index (χ0v) is 14.2. The van der Waals surface area contributed by atoms with Crippen molar-refractivity contribution in [1.29, 1.82) is 0 Å². The monoisotopic (exact) mass is 330 g/mol. The van der Waals surface area contributed by atoms with Crippen molar-refractivity contribution in [2.75, 3.05) is 19.7 Å². The van der Waals surface area contributed by atoms with Gasteiger partial charge >= 0.3 is 6.03 Å². The number of amides is 3. The first-order valence-electron chi connectivity index (χ1n) is 8.19. The van der Waals surface area contributed by atoms with Crippen LogP contribution >= 0.6 is 0 Å². The molecule has 6 nitrogen and oxygen atoms in total. The quantitative estimate of drug-likeness (QED) is 0.917. The summed E-state index contributed by atoms with van der Waals surface area (Å²) in [4.78, 5) is 27.9. The lowest BCUT2D eigenvalue weighted by Gasteiger charge is -2.47. The van der Waals surface area contributed by atoms with Gasteiger partial charge in [0.25, 0.3) is 5.91 Å². The predicted molar refractivity (Wildman–Crippen MR) is 89.0 cm³/mol. The fourth-order valence-electron chi connectivity index (χ4n) is 3.41. The summed E-state index contributed by atoms with van der Waals surface area (Å²) in [5, 5.41) is 10.9. The molecule has 1 fully saturated rings. The number of hydrogen-bond donors (Lipinski definition) is 1. The van der Waals surface area contributed by atoms with Crippen molar-refractivity contribution in [3.05, 3.63) is 41.5 Å². The van der Waals surface area contributed by atoms with Gasteiger partial charge in [-0.2, -0.15) is 0 Å². The van der Waals surface area contributed by atoms with E-state index in [9.17, 15) is 14.7 Å². The van der Waals surface area contributed by atoms with Crippen molar-refractivity contribution >= 4 is 17.5 Å². The molecule has 24 heavy (non-hydrogen) atoms. The van der Waals surface area contributed by atoms with Crippen LogP contribution in [-0.2, 0) is 9.53 Å². The zero-order valence-electron chi connectivity index (χ0n) is 14.2. The predicted octanol–water partition coefficient (Wildman–Crippen LogP) is 1.77. The number of carbonyl (C=O) groups excluding carboxylic acids is 2. The van der Waals surface area contributed by atoms with Crippen molar-refractivity contribution in [1.82, 2.24) is 9.80 Å². The molecule has 0 bridgehead atoms. The van der Waals surface area contributed by atoms with Gasteiger partial charge in [-0.1, -0.05) is 35.9 Å². The number of aliphatic hydroxyl groups excluding tert-OH is 1. The summed E-state index contributed by atoms with van der Waals surface area (Å²) in [7, 11) is 0. The van der Waals surface area contributed by atoms with Crippen LogP contribution in [0.2, 0.25) is 0 Å². The first kappa shape index (κ1) is 16.7. The lowest BCUT2D eigenvalue weighted by Crippen LogP contribution is -2.71. The number of urea groups is 1. The van der Waals surface area contributed by atoms with Gasteiger partial charge in [0, 0.05) is 18.7 Å².